The molecule has 8 nitrogen and oxygen atoms in total. The fraction of sp³-hybridized carbons (Fsp3) is 0.652. The molecular weight excluding hydrogens is 424 g/mol. The van der Waals surface area contributed by atoms with Gasteiger partial charge in [0, 0.05) is 36.5 Å². The first kappa shape index (κ1) is 20.5. The lowest BCUT2D eigenvalue weighted by atomic mass is 9.90. The largest absolute Gasteiger partial charge is 0.378 e. The quantitative estimate of drug-likeness (QED) is 0.634. The Hall–Kier alpha value is -2.10. The second kappa shape index (κ2) is 8.04. The molecule has 0 radical (unpaired) electrons. The molecule has 0 unspecified atom stereocenters. The number of anilines is 2. The predicted octanol–water partition coefficient (Wildman–Crippen LogP) is 4.07. The topological polar surface area (TPSA) is 85.3 Å². The molecule has 1 aliphatic carbocycles. The van der Waals surface area contributed by atoms with E-state index < -0.39 is 0 Å². The molecule has 1 N–H and O–H groups in total. The minimum atomic E-state index is -0.221. The molecule has 2 fully saturated rings. The van der Waals surface area contributed by atoms with Crippen LogP contribution in [0, 0.1) is 0 Å². The molecule has 170 valence electrons. The van der Waals surface area contributed by atoms with Crippen molar-refractivity contribution in [1.82, 2.24) is 20.4 Å². The van der Waals surface area contributed by atoms with Gasteiger partial charge in [0.2, 0.25) is 0 Å². The SMILES string of the molecule is CC1(C)Cc2c(c(N3CCOCC3)nc3sc4c(NC5CCCCC5)nnnc4c23)CO1. The third kappa shape index (κ3) is 3.60. The number of ether oxygens (including phenoxy) is 2. The minimum absolute atomic E-state index is 0.221. The summed E-state index contributed by atoms with van der Waals surface area (Å²) < 4.78 is 12.9. The molecule has 9 heteroatoms. The van der Waals surface area contributed by atoms with Gasteiger partial charge in [-0.1, -0.05) is 19.3 Å². The number of morpholine rings is 1. The highest BCUT2D eigenvalue weighted by atomic mass is 32.1. The number of rotatable bonds is 3. The van der Waals surface area contributed by atoms with Crippen LogP contribution in [0.15, 0.2) is 0 Å². The number of hydrogen-bond acceptors (Lipinski definition) is 9. The van der Waals surface area contributed by atoms with Gasteiger partial charge < -0.3 is 19.7 Å². The van der Waals surface area contributed by atoms with Crippen LogP contribution in [-0.4, -0.2) is 58.3 Å². The van der Waals surface area contributed by atoms with E-state index in [1.165, 1.54) is 43.2 Å². The number of pyridine rings is 1. The Balaban J connectivity index is 1.52. The Kier molecular flexibility index (Phi) is 5.15. The van der Waals surface area contributed by atoms with E-state index in [9.17, 15) is 0 Å². The Bertz CT molecular complexity index is 1150. The summed E-state index contributed by atoms with van der Waals surface area (Å²) in [4.78, 5) is 8.54. The van der Waals surface area contributed by atoms with E-state index in [1.54, 1.807) is 11.3 Å². The van der Waals surface area contributed by atoms with Crippen molar-refractivity contribution in [1.29, 1.82) is 0 Å². The molecule has 3 aromatic heterocycles. The van der Waals surface area contributed by atoms with Crippen molar-refractivity contribution in [3.63, 3.8) is 0 Å². The minimum Gasteiger partial charge on any atom is -0.378 e. The molecule has 0 bridgehead atoms. The van der Waals surface area contributed by atoms with E-state index in [1.807, 2.05) is 0 Å². The van der Waals surface area contributed by atoms with Crippen LogP contribution >= 0.6 is 11.3 Å². The zero-order valence-electron chi connectivity index (χ0n) is 18.8. The van der Waals surface area contributed by atoms with Crippen LogP contribution < -0.4 is 10.2 Å². The van der Waals surface area contributed by atoms with Crippen molar-refractivity contribution in [3.05, 3.63) is 11.1 Å². The van der Waals surface area contributed by atoms with E-state index in [4.69, 9.17) is 14.5 Å². The Morgan fingerprint density at radius 3 is 2.69 bits per heavy atom. The molecule has 0 atom stereocenters. The zero-order chi connectivity index (χ0) is 21.7. The smallest absolute Gasteiger partial charge is 0.170 e. The molecular formula is C23H30N6O2S. The standard InChI is InChI=1S/C23H30N6O2S/c1-23(2)12-15-16(13-31-23)21(29-8-10-30-11-9-29)25-22-17(15)18-19(32-22)20(27-28-26-18)24-14-6-4-3-5-7-14/h14H,3-13H2,1-2H3,(H,24,26,27). The van der Waals surface area contributed by atoms with Crippen LogP contribution in [-0.2, 0) is 22.5 Å². The molecule has 0 amide bonds. The highest BCUT2D eigenvalue weighted by Gasteiger charge is 2.33. The Morgan fingerprint density at radius 2 is 1.88 bits per heavy atom. The maximum atomic E-state index is 6.23. The van der Waals surface area contributed by atoms with E-state index in [-0.39, 0.29) is 5.60 Å². The lowest BCUT2D eigenvalue weighted by Crippen LogP contribution is -2.39. The van der Waals surface area contributed by atoms with E-state index >= 15 is 0 Å². The van der Waals surface area contributed by atoms with E-state index in [0.29, 0.717) is 12.6 Å². The highest BCUT2D eigenvalue weighted by Crippen LogP contribution is 2.44. The van der Waals surface area contributed by atoms with E-state index in [2.05, 4.69) is 39.5 Å². The lowest BCUT2D eigenvalue weighted by molar-refractivity contribution is -0.0396. The fourth-order valence-corrected chi connectivity index (χ4v) is 6.37. The molecule has 32 heavy (non-hydrogen) atoms. The van der Waals surface area contributed by atoms with Crippen molar-refractivity contribution >= 4 is 43.4 Å². The zero-order valence-corrected chi connectivity index (χ0v) is 19.6. The van der Waals surface area contributed by atoms with Crippen molar-refractivity contribution in [2.75, 3.05) is 36.5 Å². The molecule has 1 saturated carbocycles. The average Bonchev–Trinajstić information content (AvgIpc) is 3.19. The molecule has 3 aliphatic rings. The van der Waals surface area contributed by atoms with Crippen LogP contribution in [0.5, 0.6) is 0 Å². The summed E-state index contributed by atoms with van der Waals surface area (Å²) in [6.07, 6.45) is 7.10. The molecule has 0 aromatic carbocycles. The summed E-state index contributed by atoms with van der Waals surface area (Å²) in [5.74, 6) is 1.90. The molecule has 0 spiro atoms. The summed E-state index contributed by atoms with van der Waals surface area (Å²) in [5, 5.41) is 17.9. The van der Waals surface area contributed by atoms with Gasteiger partial charge in [-0.2, -0.15) is 0 Å². The Labute approximate surface area is 191 Å². The maximum absolute atomic E-state index is 6.23. The molecule has 3 aromatic rings. The first-order chi connectivity index (χ1) is 15.6. The van der Waals surface area contributed by atoms with Gasteiger partial charge in [-0.05, 0) is 37.5 Å². The number of aromatic nitrogens is 4. The van der Waals surface area contributed by atoms with Crippen molar-refractivity contribution < 1.29 is 9.47 Å². The van der Waals surface area contributed by atoms with Gasteiger partial charge in [0.25, 0.3) is 0 Å². The van der Waals surface area contributed by atoms with Gasteiger partial charge in [-0.3, -0.25) is 0 Å². The van der Waals surface area contributed by atoms with Crippen LogP contribution in [0.4, 0.5) is 11.6 Å². The molecule has 5 heterocycles. The van der Waals surface area contributed by atoms with Gasteiger partial charge in [-0.15, -0.1) is 21.5 Å². The normalized spacial score (nSPS) is 21.8. The van der Waals surface area contributed by atoms with Crippen LogP contribution in [0.1, 0.15) is 57.1 Å². The fourth-order valence-electron chi connectivity index (χ4n) is 5.29. The third-order valence-electron chi connectivity index (χ3n) is 6.98. The van der Waals surface area contributed by atoms with Gasteiger partial charge in [0.05, 0.1) is 25.4 Å². The van der Waals surface area contributed by atoms with Crippen LogP contribution in [0.25, 0.3) is 20.4 Å². The second-order valence-corrected chi connectivity index (χ2v) is 10.8. The van der Waals surface area contributed by atoms with Crippen LogP contribution in [0.2, 0.25) is 0 Å². The summed E-state index contributed by atoms with van der Waals surface area (Å²) in [6.45, 7) is 8.07. The molecule has 6 rings (SSSR count). The summed E-state index contributed by atoms with van der Waals surface area (Å²) >= 11 is 1.69. The molecule has 2 aliphatic heterocycles. The number of nitrogens with one attached hydrogen (secondary N) is 1. The van der Waals surface area contributed by atoms with Gasteiger partial charge in [-0.25, -0.2) is 4.98 Å². The monoisotopic (exact) mass is 454 g/mol. The van der Waals surface area contributed by atoms with Gasteiger partial charge in [0.1, 0.15) is 20.9 Å². The van der Waals surface area contributed by atoms with Crippen molar-refractivity contribution in [2.24, 2.45) is 0 Å². The summed E-state index contributed by atoms with van der Waals surface area (Å²) in [5.41, 5.74) is 3.21. The van der Waals surface area contributed by atoms with Crippen molar-refractivity contribution in [2.45, 2.75) is 70.6 Å². The third-order valence-corrected chi connectivity index (χ3v) is 8.06. The maximum Gasteiger partial charge on any atom is 0.170 e. The first-order valence-electron chi connectivity index (χ1n) is 11.8. The first-order valence-corrected chi connectivity index (χ1v) is 12.6. The summed E-state index contributed by atoms with van der Waals surface area (Å²) in [6, 6.07) is 0.465. The highest BCUT2D eigenvalue weighted by molar-refractivity contribution is 7.26. The average molecular weight is 455 g/mol. The van der Waals surface area contributed by atoms with Gasteiger partial charge in [0.15, 0.2) is 5.82 Å². The van der Waals surface area contributed by atoms with Crippen LogP contribution in [0.3, 0.4) is 0 Å². The number of thiophene rings is 1. The molecule has 1 saturated heterocycles. The Morgan fingerprint density at radius 1 is 1.06 bits per heavy atom. The summed E-state index contributed by atoms with van der Waals surface area (Å²) in [7, 11) is 0. The lowest BCUT2D eigenvalue weighted by Gasteiger charge is -2.36. The number of hydrogen-bond donors (Lipinski definition) is 1. The number of fused-ring (bicyclic) bond motifs is 5. The predicted molar refractivity (Wildman–Crippen MR) is 127 cm³/mol. The number of nitrogens with zero attached hydrogens (tertiary/aromatic N) is 5. The van der Waals surface area contributed by atoms with Gasteiger partial charge >= 0.3 is 0 Å². The van der Waals surface area contributed by atoms with Crippen molar-refractivity contribution in [3.8, 4) is 0 Å². The van der Waals surface area contributed by atoms with E-state index in [0.717, 1.165) is 64.8 Å². The second-order valence-electron chi connectivity index (χ2n) is 9.79.